The Kier molecular flexibility index (Phi) is 4.12. The zero-order valence-corrected chi connectivity index (χ0v) is 9.93. The summed E-state index contributed by atoms with van der Waals surface area (Å²) >= 11 is 0. The van der Waals surface area contributed by atoms with Crippen molar-refractivity contribution in [1.82, 2.24) is 10.2 Å². The number of hydrogen-bond acceptors (Lipinski definition) is 3. The van der Waals surface area contributed by atoms with Gasteiger partial charge < -0.3 is 11.1 Å². The van der Waals surface area contributed by atoms with Crippen molar-refractivity contribution in [1.29, 1.82) is 0 Å². The number of nitrogens with two attached hydrogens (primary N) is 1. The summed E-state index contributed by atoms with van der Waals surface area (Å²) in [6, 6.07) is 10.7. The molecule has 0 aromatic heterocycles. The first kappa shape index (κ1) is 12.1. The minimum absolute atomic E-state index is 0.0587. The first-order valence-electron chi connectivity index (χ1n) is 6.03. The number of likely N-dealkylation sites (tertiary alicyclic amines) is 1. The summed E-state index contributed by atoms with van der Waals surface area (Å²) in [5.74, 6) is -0.0587. The predicted molar refractivity (Wildman–Crippen MR) is 67.3 cm³/mol. The van der Waals surface area contributed by atoms with E-state index >= 15 is 0 Å². The molecular formula is C13H19N3O. The second kappa shape index (κ2) is 5.80. The maximum absolute atomic E-state index is 11.2. The molecule has 1 unspecified atom stereocenters. The molecule has 1 fully saturated rings. The lowest BCUT2D eigenvalue weighted by atomic mass is 10.2. The van der Waals surface area contributed by atoms with Crippen LogP contribution in [0.1, 0.15) is 12.0 Å². The molecule has 4 heteroatoms. The molecule has 1 heterocycles. The molecule has 3 N–H and O–H groups in total. The minimum Gasteiger partial charge on any atom is -0.351 e. The van der Waals surface area contributed by atoms with E-state index in [1.165, 1.54) is 5.56 Å². The van der Waals surface area contributed by atoms with Crippen LogP contribution in [0.15, 0.2) is 30.3 Å². The van der Waals surface area contributed by atoms with E-state index in [1.807, 2.05) is 6.07 Å². The van der Waals surface area contributed by atoms with E-state index in [0.29, 0.717) is 0 Å². The second-order valence-corrected chi connectivity index (χ2v) is 4.48. The van der Waals surface area contributed by atoms with E-state index < -0.39 is 0 Å². The van der Waals surface area contributed by atoms with E-state index in [0.717, 1.165) is 26.1 Å². The van der Waals surface area contributed by atoms with Gasteiger partial charge in [0.2, 0.25) is 5.91 Å². The topological polar surface area (TPSA) is 58.4 Å². The molecule has 0 saturated carbocycles. The Morgan fingerprint density at radius 3 is 2.88 bits per heavy atom. The zero-order valence-electron chi connectivity index (χ0n) is 9.93. The summed E-state index contributed by atoms with van der Waals surface area (Å²) in [5.41, 5.74) is 6.60. The third-order valence-corrected chi connectivity index (χ3v) is 3.07. The maximum Gasteiger partial charge on any atom is 0.233 e. The van der Waals surface area contributed by atoms with Crippen LogP contribution in [0, 0.1) is 0 Å². The summed E-state index contributed by atoms with van der Waals surface area (Å²) in [7, 11) is 0. The number of amides is 1. The zero-order chi connectivity index (χ0) is 12.1. The van der Waals surface area contributed by atoms with Gasteiger partial charge in [-0.05, 0) is 12.0 Å². The largest absolute Gasteiger partial charge is 0.351 e. The Labute approximate surface area is 102 Å². The van der Waals surface area contributed by atoms with Crippen LogP contribution in [0.25, 0.3) is 0 Å². The molecule has 1 amide bonds. The maximum atomic E-state index is 11.2. The smallest absolute Gasteiger partial charge is 0.233 e. The highest BCUT2D eigenvalue weighted by molar-refractivity contribution is 5.78. The first-order chi connectivity index (χ1) is 8.28. The van der Waals surface area contributed by atoms with Crippen LogP contribution in [0.2, 0.25) is 0 Å². The Balaban J connectivity index is 1.80. The normalized spacial score (nSPS) is 20.4. The van der Waals surface area contributed by atoms with Crippen LogP contribution >= 0.6 is 0 Å². The molecule has 92 valence electrons. The number of benzene rings is 1. The van der Waals surface area contributed by atoms with E-state index in [4.69, 9.17) is 5.73 Å². The van der Waals surface area contributed by atoms with Crippen molar-refractivity contribution >= 4 is 5.91 Å². The molecule has 1 atom stereocenters. The van der Waals surface area contributed by atoms with Gasteiger partial charge >= 0.3 is 0 Å². The molecule has 0 spiro atoms. The van der Waals surface area contributed by atoms with Gasteiger partial charge in [0.15, 0.2) is 0 Å². The highest BCUT2D eigenvalue weighted by atomic mass is 16.1. The van der Waals surface area contributed by atoms with Crippen LogP contribution in [-0.2, 0) is 11.3 Å². The van der Waals surface area contributed by atoms with Crippen molar-refractivity contribution in [2.24, 2.45) is 5.73 Å². The van der Waals surface area contributed by atoms with Crippen molar-refractivity contribution in [2.45, 2.75) is 19.0 Å². The number of nitrogens with one attached hydrogen (secondary N) is 1. The molecule has 1 aliphatic rings. The average molecular weight is 233 g/mol. The van der Waals surface area contributed by atoms with Gasteiger partial charge in [0, 0.05) is 25.7 Å². The molecule has 1 aliphatic heterocycles. The number of hydrogen-bond donors (Lipinski definition) is 2. The molecule has 1 aromatic carbocycles. The number of nitrogens with zero attached hydrogens (tertiary/aromatic N) is 1. The van der Waals surface area contributed by atoms with Gasteiger partial charge in [-0.25, -0.2) is 0 Å². The van der Waals surface area contributed by atoms with Crippen molar-refractivity contribution < 1.29 is 4.79 Å². The Hall–Kier alpha value is -1.39. The number of carbonyl (C=O) groups excluding carboxylic acids is 1. The van der Waals surface area contributed by atoms with Crippen molar-refractivity contribution in [3.63, 3.8) is 0 Å². The van der Waals surface area contributed by atoms with Gasteiger partial charge in [0.05, 0.1) is 6.54 Å². The lowest BCUT2D eigenvalue weighted by Gasteiger charge is -2.16. The van der Waals surface area contributed by atoms with Crippen molar-refractivity contribution in [3.8, 4) is 0 Å². The highest BCUT2D eigenvalue weighted by Gasteiger charge is 2.23. The van der Waals surface area contributed by atoms with Crippen LogP contribution < -0.4 is 11.1 Å². The van der Waals surface area contributed by atoms with Crippen LogP contribution in [0.3, 0.4) is 0 Å². The fraction of sp³-hybridized carbons (Fsp3) is 0.462. The molecular weight excluding hydrogens is 214 g/mol. The van der Waals surface area contributed by atoms with Crippen LogP contribution in [0.4, 0.5) is 0 Å². The molecule has 0 radical (unpaired) electrons. The van der Waals surface area contributed by atoms with E-state index in [2.05, 4.69) is 34.5 Å². The van der Waals surface area contributed by atoms with Crippen molar-refractivity contribution in [3.05, 3.63) is 35.9 Å². The molecule has 17 heavy (non-hydrogen) atoms. The quantitative estimate of drug-likeness (QED) is 0.788. The Morgan fingerprint density at radius 2 is 2.18 bits per heavy atom. The van der Waals surface area contributed by atoms with Crippen molar-refractivity contribution in [2.75, 3.05) is 19.6 Å². The molecule has 4 nitrogen and oxygen atoms in total. The molecule has 0 aliphatic carbocycles. The Bertz CT molecular complexity index is 366. The standard InChI is InChI=1S/C13H19N3O/c14-8-13(17)15-12-6-7-16(10-12)9-11-4-2-1-3-5-11/h1-5,12H,6-10,14H2,(H,15,17). The lowest BCUT2D eigenvalue weighted by Crippen LogP contribution is -2.40. The molecule has 1 aromatic rings. The highest BCUT2D eigenvalue weighted by Crippen LogP contribution is 2.13. The fourth-order valence-corrected chi connectivity index (χ4v) is 2.22. The summed E-state index contributed by atoms with van der Waals surface area (Å²) in [6.07, 6.45) is 1.01. The minimum atomic E-state index is -0.0587. The van der Waals surface area contributed by atoms with E-state index in [9.17, 15) is 4.79 Å². The van der Waals surface area contributed by atoms with Gasteiger partial charge in [-0.1, -0.05) is 30.3 Å². The van der Waals surface area contributed by atoms with Gasteiger partial charge in [0.25, 0.3) is 0 Å². The first-order valence-corrected chi connectivity index (χ1v) is 6.03. The molecule has 1 saturated heterocycles. The predicted octanol–water partition coefficient (Wildman–Crippen LogP) is 0.336. The average Bonchev–Trinajstić information content (AvgIpc) is 2.77. The van der Waals surface area contributed by atoms with E-state index in [-0.39, 0.29) is 18.5 Å². The third-order valence-electron chi connectivity index (χ3n) is 3.07. The SMILES string of the molecule is NCC(=O)NC1CCN(Cc2ccccc2)C1. The van der Waals surface area contributed by atoms with Gasteiger partial charge in [-0.15, -0.1) is 0 Å². The molecule has 2 rings (SSSR count). The summed E-state index contributed by atoms with van der Waals surface area (Å²) in [4.78, 5) is 13.5. The van der Waals surface area contributed by atoms with E-state index in [1.54, 1.807) is 0 Å². The van der Waals surface area contributed by atoms with Gasteiger partial charge in [-0.3, -0.25) is 9.69 Å². The summed E-state index contributed by atoms with van der Waals surface area (Å²) in [5, 5.41) is 2.94. The van der Waals surface area contributed by atoms with Gasteiger partial charge in [0.1, 0.15) is 0 Å². The monoisotopic (exact) mass is 233 g/mol. The lowest BCUT2D eigenvalue weighted by molar-refractivity contribution is -0.120. The van der Waals surface area contributed by atoms with Crippen LogP contribution in [-0.4, -0.2) is 36.5 Å². The third kappa shape index (κ3) is 3.54. The fourth-order valence-electron chi connectivity index (χ4n) is 2.22. The number of rotatable bonds is 4. The van der Waals surface area contributed by atoms with Gasteiger partial charge in [-0.2, -0.15) is 0 Å². The molecule has 0 bridgehead atoms. The Morgan fingerprint density at radius 1 is 1.41 bits per heavy atom. The summed E-state index contributed by atoms with van der Waals surface area (Å²) < 4.78 is 0. The second-order valence-electron chi connectivity index (χ2n) is 4.48. The number of carbonyl (C=O) groups is 1. The summed E-state index contributed by atoms with van der Waals surface area (Å²) in [6.45, 7) is 2.98. The van der Waals surface area contributed by atoms with Crippen LogP contribution in [0.5, 0.6) is 0 Å².